The second-order valence-electron chi connectivity index (χ2n) is 3.95. The van der Waals surface area contributed by atoms with Crippen LogP contribution in [0.2, 0.25) is 0 Å². The van der Waals surface area contributed by atoms with E-state index in [1.54, 1.807) is 0 Å². The van der Waals surface area contributed by atoms with Crippen LogP contribution in [0.25, 0.3) is 0 Å². The van der Waals surface area contributed by atoms with Gasteiger partial charge in [-0.15, -0.1) is 0 Å². The maximum absolute atomic E-state index is 11.4. The Morgan fingerprint density at radius 3 is 2.87 bits per heavy atom. The molecule has 2 aliphatic rings. The summed E-state index contributed by atoms with van der Waals surface area (Å²) in [5, 5.41) is 0. The molecule has 1 fully saturated rings. The molecule has 2 unspecified atom stereocenters. The third-order valence-corrected chi connectivity index (χ3v) is 3.88. The van der Waals surface area contributed by atoms with Crippen molar-refractivity contribution < 1.29 is 9.53 Å². The molecular weight excluding hydrogens is 235 g/mol. The topological polar surface area (TPSA) is 26.3 Å². The average molecular weight is 243 g/mol. The highest BCUT2D eigenvalue weighted by molar-refractivity contribution is 6.58. The van der Waals surface area contributed by atoms with Crippen LogP contribution in [0.5, 0.6) is 0 Å². The number of halogens is 2. The molecule has 1 saturated heterocycles. The molecule has 2 atom stereocenters. The average Bonchev–Trinajstić information content (AvgIpc) is 2.64. The molecule has 0 radical (unpaired) electrons. The Labute approximate surface area is 97.1 Å². The van der Waals surface area contributed by atoms with Crippen LogP contribution in [0.15, 0.2) is 24.3 Å². The first-order valence-electron chi connectivity index (χ1n) is 4.77. The van der Waals surface area contributed by atoms with Crippen molar-refractivity contribution in [2.45, 2.75) is 22.8 Å². The summed E-state index contributed by atoms with van der Waals surface area (Å²) in [4.78, 5) is 11.4. The van der Waals surface area contributed by atoms with Crippen LogP contribution in [-0.4, -0.2) is 16.4 Å². The summed E-state index contributed by atoms with van der Waals surface area (Å²) in [6.07, 6.45) is 0.526. The van der Waals surface area contributed by atoms with E-state index in [0.717, 1.165) is 5.56 Å². The summed E-state index contributed by atoms with van der Waals surface area (Å²) in [5.74, 6) is -0.736. The van der Waals surface area contributed by atoms with Crippen molar-refractivity contribution in [2.75, 3.05) is 0 Å². The van der Waals surface area contributed by atoms with Crippen molar-refractivity contribution >= 4 is 29.2 Å². The van der Waals surface area contributed by atoms with Crippen LogP contribution in [-0.2, 0) is 16.0 Å². The molecule has 0 bridgehead atoms. The first kappa shape index (κ1) is 9.49. The van der Waals surface area contributed by atoms with Gasteiger partial charge in [0.15, 0.2) is 0 Å². The van der Waals surface area contributed by atoms with Gasteiger partial charge in [-0.2, -0.15) is 0 Å². The maximum atomic E-state index is 11.4. The number of hydrogen-bond acceptors (Lipinski definition) is 2. The summed E-state index contributed by atoms with van der Waals surface area (Å²) in [7, 11) is 0. The normalized spacial score (nSPS) is 30.9. The largest absolute Gasteiger partial charge is 0.459 e. The fourth-order valence-corrected chi connectivity index (χ4v) is 3.05. The quantitative estimate of drug-likeness (QED) is 0.516. The number of esters is 1. The molecule has 0 N–H and O–H groups in total. The number of hydrogen-bond donors (Lipinski definition) is 0. The molecule has 0 aromatic heterocycles. The monoisotopic (exact) mass is 242 g/mol. The molecule has 1 heterocycles. The molecule has 78 valence electrons. The smallest absolute Gasteiger partial charge is 0.343 e. The number of carbonyl (C=O) groups is 1. The van der Waals surface area contributed by atoms with E-state index in [1.165, 1.54) is 5.56 Å². The van der Waals surface area contributed by atoms with Gasteiger partial charge in [0.05, 0.1) is 5.92 Å². The van der Waals surface area contributed by atoms with Crippen LogP contribution >= 0.6 is 23.2 Å². The lowest BCUT2D eigenvalue weighted by atomic mass is 9.97. The Hall–Kier alpha value is -0.730. The molecule has 1 aliphatic heterocycles. The predicted molar refractivity (Wildman–Crippen MR) is 57.2 cm³/mol. The molecule has 1 aromatic rings. The van der Waals surface area contributed by atoms with Crippen LogP contribution in [0, 0.1) is 0 Å². The summed E-state index contributed by atoms with van der Waals surface area (Å²) in [5.41, 5.74) is 2.21. The van der Waals surface area contributed by atoms with Crippen LogP contribution in [0.3, 0.4) is 0 Å². The minimum absolute atomic E-state index is 0.190. The van der Waals surface area contributed by atoms with Crippen molar-refractivity contribution in [2.24, 2.45) is 0 Å². The van der Waals surface area contributed by atoms with Gasteiger partial charge in [-0.05, 0) is 11.1 Å². The lowest BCUT2D eigenvalue weighted by molar-refractivity contribution is -0.141. The second kappa shape index (κ2) is 2.89. The molecule has 0 spiro atoms. The first-order valence-corrected chi connectivity index (χ1v) is 5.53. The van der Waals surface area contributed by atoms with Crippen molar-refractivity contribution in [3.8, 4) is 0 Å². The van der Waals surface area contributed by atoms with E-state index < -0.39 is 10.3 Å². The van der Waals surface area contributed by atoms with E-state index in [-0.39, 0.29) is 12.0 Å². The minimum Gasteiger partial charge on any atom is -0.459 e. The Morgan fingerprint density at radius 2 is 2.07 bits per heavy atom. The third-order valence-electron chi connectivity index (χ3n) is 3.10. The second-order valence-corrected chi connectivity index (χ2v) is 5.33. The third kappa shape index (κ3) is 1.15. The van der Waals surface area contributed by atoms with Gasteiger partial charge in [0.2, 0.25) is 4.33 Å². The zero-order valence-corrected chi connectivity index (χ0v) is 9.26. The molecule has 4 heteroatoms. The molecule has 15 heavy (non-hydrogen) atoms. The molecular formula is C11H8Cl2O2. The van der Waals surface area contributed by atoms with E-state index in [2.05, 4.69) is 0 Å². The van der Waals surface area contributed by atoms with Crippen molar-refractivity contribution in [1.29, 1.82) is 0 Å². The SMILES string of the molecule is O=C1OC2Cc3ccccc3C2C1(Cl)Cl. The molecule has 0 amide bonds. The molecule has 2 nitrogen and oxygen atoms in total. The van der Waals surface area contributed by atoms with Gasteiger partial charge < -0.3 is 4.74 Å². The van der Waals surface area contributed by atoms with Gasteiger partial charge in [0.25, 0.3) is 0 Å². The van der Waals surface area contributed by atoms with Crippen molar-refractivity contribution in [3.63, 3.8) is 0 Å². The highest BCUT2D eigenvalue weighted by Crippen LogP contribution is 2.52. The Bertz CT molecular complexity index is 442. The number of alkyl halides is 2. The highest BCUT2D eigenvalue weighted by atomic mass is 35.5. The number of fused-ring (bicyclic) bond motifs is 3. The summed E-state index contributed by atoms with van der Waals surface area (Å²) in [6.45, 7) is 0. The summed E-state index contributed by atoms with van der Waals surface area (Å²) in [6, 6.07) is 7.87. The zero-order valence-electron chi connectivity index (χ0n) is 7.74. The van der Waals surface area contributed by atoms with E-state index in [9.17, 15) is 4.79 Å². The standard InChI is InChI=1S/C11H8Cl2O2/c12-11(13)9-7-4-2-1-3-6(7)5-8(9)15-10(11)14/h1-4,8-9H,5H2. The van der Waals surface area contributed by atoms with Crippen LogP contribution in [0.1, 0.15) is 17.0 Å². The Kier molecular flexibility index (Phi) is 1.83. The van der Waals surface area contributed by atoms with Gasteiger partial charge in [-0.3, -0.25) is 0 Å². The number of benzene rings is 1. The van der Waals surface area contributed by atoms with Crippen molar-refractivity contribution in [1.82, 2.24) is 0 Å². The summed E-state index contributed by atoms with van der Waals surface area (Å²) < 4.78 is 3.76. The predicted octanol–water partition coefficient (Wildman–Crippen LogP) is 2.43. The minimum atomic E-state index is -1.42. The van der Waals surface area contributed by atoms with Crippen LogP contribution in [0.4, 0.5) is 0 Å². The fourth-order valence-electron chi connectivity index (χ4n) is 2.44. The van der Waals surface area contributed by atoms with E-state index in [0.29, 0.717) is 6.42 Å². The fraction of sp³-hybridized carbons (Fsp3) is 0.364. The van der Waals surface area contributed by atoms with Crippen molar-refractivity contribution in [3.05, 3.63) is 35.4 Å². The highest BCUT2D eigenvalue weighted by Gasteiger charge is 2.59. The van der Waals surface area contributed by atoms with E-state index in [1.807, 2.05) is 24.3 Å². The van der Waals surface area contributed by atoms with E-state index in [4.69, 9.17) is 27.9 Å². The van der Waals surface area contributed by atoms with E-state index >= 15 is 0 Å². The molecule has 1 aromatic carbocycles. The molecule has 0 saturated carbocycles. The Balaban J connectivity index is 2.14. The lowest BCUT2D eigenvalue weighted by Gasteiger charge is -2.16. The van der Waals surface area contributed by atoms with Gasteiger partial charge in [-0.1, -0.05) is 47.5 Å². The number of rotatable bonds is 0. The maximum Gasteiger partial charge on any atom is 0.343 e. The van der Waals surface area contributed by atoms with Crippen LogP contribution < -0.4 is 0 Å². The lowest BCUT2D eigenvalue weighted by Crippen LogP contribution is -2.26. The Morgan fingerprint density at radius 1 is 1.33 bits per heavy atom. The van der Waals surface area contributed by atoms with Gasteiger partial charge >= 0.3 is 5.97 Å². The molecule has 3 rings (SSSR count). The zero-order chi connectivity index (χ0) is 10.6. The molecule has 1 aliphatic carbocycles. The van der Waals surface area contributed by atoms with Gasteiger partial charge in [-0.25, -0.2) is 4.79 Å². The first-order chi connectivity index (χ1) is 7.10. The summed E-state index contributed by atoms with van der Waals surface area (Å²) >= 11 is 12.1. The number of carbonyl (C=O) groups excluding carboxylic acids is 1. The number of ether oxygens (including phenoxy) is 1. The van der Waals surface area contributed by atoms with Gasteiger partial charge in [0, 0.05) is 6.42 Å². The van der Waals surface area contributed by atoms with Gasteiger partial charge in [0.1, 0.15) is 6.10 Å².